The number of ether oxygens (including phenoxy) is 1. The van der Waals surface area contributed by atoms with Crippen LogP contribution in [0.4, 0.5) is 8.78 Å². The zero-order valence-electron chi connectivity index (χ0n) is 21.4. The second-order valence-corrected chi connectivity index (χ2v) is 9.84. The number of carbonyl (C=O) groups is 2. The van der Waals surface area contributed by atoms with E-state index in [1.807, 2.05) is 13.0 Å². The van der Waals surface area contributed by atoms with Gasteiger partial charge in [-0.25, -0.2) is 8.78 Å². The number of fused-ring (bicyclic) bond motifs is 4. The average Bonchev–Trinajstić information content (AvgIpc) is 3.01. The normalized spacial score (nSPS) is 20.3. The van der Waals surface area contributed by atoms with Gasteiger partial charge in [-0.05, 0) is 31.9 Å². The Morgan fingerprint density at radius 1 is 1.13 bits per heavy atom. The molecule has 2 aromatic carbocycles. The molecule has 3 heterocycles. The van der Waals surface area contributed by atoms with Gasteiger partial charge in [-0.3, -0.25) is 24.1 Å². The molecule has 2 aliphatic heterocycles. The summed E-state index contributed by atoms with van der Waals surface area (Å²) < 4.78 is 34.8. The molecule has 11 heteroatoms. The van der Waals surface area contributed by atoms with Gasteiger partial charge < -0.3 is 20.1 Å². The van der Waals surface area contributed by atoms with Gasteiger partial charge in [0.25, 0.3) is 11.8 Å². The van der Waals surface area contributed by atoms with E-state index in [0.29, 0.717) is 12.5 Å². The summed E-state index contributed by atoms with van der Waals surface area (Å²) in [5.41, 5.74) is -0.370. The molecule has 0 aliphatic carbocycles. The van der Waals surface area contributed by atoms with Crippen LogP contribution in [0.25, 0.3) is 0 Å². The first-order valence-corrected chi connectivity index (χ1v) is 12.6. The molecule has 1 saturated heterocycles. The fourth-order valence-corrected chi connectivity index (χ4v) is 4.90. The summed E-state index contributed by atoms with van der Waals surface area (Å²) in [5.74, 6) is -3.20. The quantitative estimate of drug-likeness (QED) is 0.500. The van der Waals surface area contributed by atoms with E-state index in [1.165, 1.54) is 21.8 Å². The first-order chi connectivity index (χ1) is 18.7. The number of aromatic nitrogens is 1. The summed E-state index contributed by atoms with van der Waals surface area (Å²) in [6.07, 6.45) is 0.831. The van der Waals surface area contributed by atoms with Crippen LogP contribution in [0.15, 0.2) is 59.5 Å². The van der Waals surface area contributed by atoms with Gasteiger partial charge in [0.05, 0.1) is 12.1 Å². The maximum Gasteiger partial charge on any atom is 0.278 e. The number of nitrogens with one attached hydrogen (secondary N) is 1. The van der Waals surface area contributed by atoms with E-state index in [4.69, 9.17) is 4.74 Å². The van der Waals surface area contributed by atoms with Crippen LogP contribution in [-0.4, -0.2) is 51.4 Å². The molecule has 2 N–H and O–H groups in total. The summed E-state index contributed by atoms with van der Waals surface area (Å²) in [7, 11) is 0. The van der Waals surface area contributed by atoms with Crippen molar-refractivity contribution in [2.75, 3.05) is 11.7 Å². The molecule has 204 valence electrons. The van der Waals surface area contributed by atoms with Crippen LogP contribution in [0, 0.1) is 11.6 Å². The lowest BCUT2D eigenvalue weighted by Crippen LogP contribution is -2.58. The third kappa shape index (κ3) is 4.97. The monoisotopic (exact) mass is 538 g/mol. The molecule has 2 amide bonds. The number of rotatable bonds is 6. The summed E-state index contributed by atoms with van der Waals surface area (Å²) in [6, 6.07) is 11.3. The van der Waals surface area contributed by atoms with Crippen LogP contribution in [0.5, 0.6) is 5.75 Å². The number of aliphatic hydroxyl groups is 1. The molecule has 39 heavy (non-hydrogen) atoms. The van der Waals surface area contributed by atoms with Crippen molar-refractivity contribution in [1.82, 2.24) is 14.9 Å². The molecule has 5 rings (SSSR count). The van der Waals surface area contributed by atoms with Crippen molar-refractivity contribution in [3.05, 3.63) is 99.0 Å². The molecule has 2 bridgehead atoms. The van der Waals surface area contributed by atoms with Gasteiger partial charge in [0.1, 0.15) is 30.5 Å². The molecule has 3 aromatic rings. The van der Waals surface area contributed by atoms with Gasteiger partial charge in [-0.1, -0.05) is 36.4 Å². The van der Waals surface area contributed by atoms with Crippen LogP contribution in [-0.2, 0) is 13.2 Å². The number of amides is 2. The first kappa shape index (κ1) is 26.4. The van der Waals surface area contributed by atoms with E-state index in [1.54, 1.807) is 36.2 Å². The molecule has 0 radical (unpaired) electrons. The Kier molecular flexibility index (Phi) is 7.09. The Labute approximate surface area is 223 Å². The number of nitrogens with zero attached hydrogens (tertiary/aromatic N) is 3. The van der Waals surface area contributed by atoms with Gasteiger partial charge >= 0.3 is 0 Å². The molecule has 1 aromatic heterocycles. The lowest BCUT2D eigenvalue weighted by Gasteiger charge is -2.42. The van der Waals surface area contributed by atoms with Crippen molar-refractivity contribution < 1.29 is 28.2 Å². The molecule has 1 fully saturated rings. The number of halogens is 2. The van der Waals surface area contributed by atoms with Crippen molar-refractivity contribution in [2.45, 2.75) is 51.6 Å². The lowest BCUT2D eigenvalue weighted by molar-refractivity contribution is 0.0408. The minimum absolute atomic E-state index is 0.0318. The minimum Gasteiger partial charge on any atom is -0.482 e. The largest absolute Gasteiger partial charge is 0.482 e. The highest BCUT2D eigenvalue weighted by Gasteiger charge is 2.43. The minimum atomic E-state index is -0.832. The third-order valence-corrected chi connectivity index (χ3v) is 7.25. The van der Waals surface area contributed by atoms with E-state index < -0.39 is 41.0 Å². The first-order valence-electron chi connectivity index (χ1n) is 12.6. The standard InChI is InChI=1S/C28H28F2N4O5/c1-16-10-23(35)17(2)32-15-34(16)33-13-21(27(37)31-12-19-8-9-20(29)11-22(19)30)25(36)26(24(33)28(32)38)39-14-18-6-4-3-5-7-18/h3-9,11,13,16-17,23,35H,10,12,14-15H2,1-2H3,(H,31,37)/t16-,17+,23+/m1/s1. The van der Waals surface area contributed by atoms with Crippen molar-refractivity contribution in [3.63, 3.8) is 0 Å². The number of pyridine rings is 1. The van der Waals surface area contributed by atoms with Crippen molar-refractivity contribution in [1.29, 1.82) is 0 Å². The van der Waals surface area contributed by atoms with Crippen molar-refractivity contribution in [2.24, 2.45) is 0 Å². The highest BCUT2D eigenvalue weighted by Crippen LogP contribution is 2.30. The summed E-state index contributed by atoms with van der Waals surface area (Å²) >= 11 is 0. The van der Waals surface area contributed by atoms with E-state index in [-0.39, 0.29) is 48.4 Å². The Hall–Kier alpha value is -4.25. The smallest absolute Gasteiger partial charge is 0.278 e. The summed E-state index contributed by atoms with van der Waals surface area (Å²) in [5, 5.41) is 15.0. The molecule has 0 saturated carbocycles. The van der Waals surface area contributed by atoms with Crippen molar-refractivity contribution >= 4 is 11.8 Å². The van der Waals surface area contributed by atoms with Gasteiger partial charge in [0.2, 0.25) is 5.43 Å². The molecule has 2 aliphatic rings. The predicted molar refractivity (Wildman–Crippen MR) is 138 cm³/mol. The maximum atomic E-state index is 14.1. The number of hydrogen-bond acceptors (Lipinski definition) is 6. The molecular formula is C28H28F2N4O5. The van der Waals surface area contributed by atoms with Crippen LogP contribution < -0.4 is 20.5 Å². The molecule has 0 unspecified atom stereocenters. The Morgan fingerprint density at radius 3 is 2.59 bits per heavy atom. The van der Waals surface area contributed by atoms with E-state index in [9.17, 15) is 28.3 Å². The van der Waals surface area contributed by atoms with Crippen LogP contribution in [0.3, 0.4) is 0 Å². The fraction of sp³-hybridized carbons (Fsp3) is 0.321. The van der Waals surface area contributed by atoms with Crippen LogP contribution in [0.2, 0.25) is 0 Å². The number of aliphatic hydroxyl groups excluding tert-OH is 1. The van der Waals surface area contributed by atoms with Gasteiger partial charge in [0.15, 0.2) is 11.4 Å². The second-order valence-electron chi connectivity index (χ2n) is 9.84. The highest BCUT2D eigenvalue weighted by atomic mass is 19.1. The zero-order chi connectivity index (χ0) is 27.8. The van der Waals surface area contributed by atoms with E-state index in [0.717, 1.165) is 11.6 Å². The molecule has 3 atom stereocenters. The Morgan fingerprint density at radius 2 is 1.87 bits per heavy atom. The van der Waals surface area contributed by atoms with E-state index in [2.05, 4.69) is 5.32 Å². The van der Waals surface area contributed by atoms with Crippen LogP contribution >= 0.6 is 0 Å². The third-order valence-electron chi connectivity index (χ3n) is 7.25. The lowest BCUT2D eigenvalue weighted by atomic mass is 10.1. The van der Waals surface area contributed by atoms with Gasteiger partial charge in [-0.2, -0.15) is 0 Å². The predicted octanol–water partition coefficient (Wildman–Crippen LogP) is 2.53. The second kappa shape index (κ2) is 10.5. The van der Waals surface area contributed by atoms with Gasteiger partial charge in [0, 0.05) is 30.4 Å². The molecular weight excluding hydrogens is 510 g/mol. The zero-order valence-corrected chi connectivity index (χ0v) is 21.4. The number of carbonyl (C=O) groups excluding carboxylic acids is 2. The SMILES string of the molecule is C[C@@H]1C[C@H](O)[C@H](C)N2CN1n1cc(C(=O)NCc3ccc(F)cc3F)c(=O)c(OCc3ccccc3)c1C2=O. The average molecular weight is 539 g/mol. The number of hydrogen-bond donors (Lipinski definition) is 2. The summed E-state index contributed by atoms with van der Waals surface area (Å²) in [6.45, 7) is 3.43. The molecule has 0 spiro atoms. The Bertz CT molecular complexity index is 1480. The molecule has 9 nitrogen and oxygen atoms in total. The van der Waals surface area contributed by atoms with Gasteiger partial charge in [-0.15, -0.1) is 0 Å². The highest BCUT2D eigenvalue weighted by molar-refractivity contribution is 5.99. The maximum absolute atomic E-state index is 14.1. The van der Waals surface area contributed by atoms with Crippen molar-refractivity contribution in [3.8, 4) is 5.75 Å². The number of benzene rings is 2. The van der Waals surface area contributed by atoms with Crippen LogP contribution in [0.1, 0.15) is 52.2 Å². The Balaban J connectivity index is 1.57. The summed E-state index contributed by atoms with van der Waals surface area (Å²) in [4.78, 5) is 42.0. The fourth-order valence-electron chi connectivity index (χ4n) is 4.90. The topological polar surface area (TPSA) is 104 Å². The van der Waals surface area contributed by atoms with E-state index >= 15 is 0 Å².